The second-order valence-corrected chi connectivity index (χ2v) is 5.71. The maximum atomic E-state index is 12.3. The summed E-state index contributed by atoms with van der Waals surface area (Å²) in [4.78, 5) is 12.3. The molecule has 0 saturated heterocycles. The Morgan fingerprint density at radius 1 is 1.12 bits per heavy atom. The van der Waals surface area contributed by atoms with E-state index in [1.54, 1.807) is 16.9 Å². The first-order valence-corrected chi connectivity index (χ1v) is 8.05. The van der Waals surface area contributed by atoms with Gasteiger partial charge in [-0.3, -0.25) is 4.79 Å². The molecule has 0 aliphatic carbocycles. The first-order chi connectivity index (χ1) is 12.3. The van der Waals surface area contributed by atoms with E-state index < -0.39 is 6.10 Å². The number of carbonyl (C=O) groups excluding carboxylic acids is 1. The fourth-order valence-corrected chi connectivity index (χ4v) is 2.63. The molecule has 0 fully saturated rings. The fourth-order valence-electron chi connectivity index (χ4n) is 2.63. The lowest BCUT2D eigenvalue weighted by molar-refractivity contribution is -0.130. The number of fused-ring (bicyclic) bond motifs is 1. The van der Waals surface area contributed by atoms with Crippen molar-refractivity contribution in [3.8, 4) is 17.2 Å². The summed E-state index contributed by atoms with van der Waals surface area (Å²) in [5, 5.41) is 7.18. The van der Waals surface area contributed by atoms with Crippen LogP contribution in [-0.2, 0) is 11.3 Å². The van der Waals surface area contributed by atoms with Crippen molar-refractivity contribution >= 4 is 5.91 Å². The zero-order valence-corrected chi connectivity index (χ0v) is 13.5. The normalized spacial score (nSPS) is 15.6. The van der Waals surface area contributed by atoms with Gasteiger partial charge in [0.1, 0.15) is 6.61 Å². The molecule has 2 aromatic carbocycles. The van der Waals surface area contributed by atoms with Gasteiger partial charge in [0.25, 0.3) is 5.91 Å². The van der Waals surface area contributed by atoms with Crippen LogP contribution >= 0.6 is 0 Å². The molecule has 6 heteroatoms. The number of ether oxygens (including phenoxy) is 2. The monoisotopic (exact) mass is 335 g/mol. The number of rotatable bonds is 4. The number of benzene rings is 2. The second-order valence-electron chi connectivity index (χ2n) is 5.71. The van der Waals surface area contributed by atoms with Crippen LogP contribution < -0.4 is 14.8 Å². The van der Waals surface area contributed by atoms with Crippen LogP contribution in [0.1, 0.15) is 5.56 Å². The summed E-state index contributed by atoms with van der Waals surface area (Å²) in [6.45, 7) is 0.583. The van der Waals surface area contributed by atoms with E-state index in [-0.39, 0.29) is 12.5 Å². The highest BCUT2D eigenvalue weighted by molar-refractivity contribution is 5.81. The molecule has 6 nitrogen and oxygen atoms in total. The summed E-state index contributed by atoms with van der Waals surface area (Å²) < 4.78 is 13.0. The predicted octanol–water partition coefficient (Wildman–Crippen LogP) is 2.33. The summed E-state index contributed by atoms with van der Waals surface area (Å²) >= 11 is 0. The molecule has 25 heavy (non-hydrogen) atoms. The van der Waals surface area contributed by atoms with Crippen LogP contribution in [0.4, 0.5) is 0 Å². The van der Waals surface area contributed by atoms with Gasteiger partial charge in [-0.15, -0.1) is 0 Å². The average Bonchev–Trinajstić information content (AvgIpc) is 3.15. The van der Waals surface area contributed by atoms with E-state index in [4.69, 9.17) is 9.47 Å². The van der Waals surface area contributed by atoms with Crippen LogP contribution in [-0.4, -0.2) is 28.4 Å². The molecule has 1 N–H and O–H groups in total. The molecule has 1 aliphatic heterocycles. The number of aromatic nitrogens is 2. The van der Waals surface area contributed by atoms with E-state index in [2.05, 4.69) is 10.4 Å². The SMILES string of the molecule is O=C(NCc1cnn(-c2ccccc2)c1)C1COc2ccccc2O1. The lowest BCUT2D eigenvalue weighted by atomic mass is 10.2. The Balaban J connectivity index is 1.36. The third-order valence-corrected chi connectivity index (χ3v) is 3.92. The van der Waals surface area contributed by atoms with Crippen molar-refractivity contribution in [1.29, 1.82) is 0 Å². The van der Waals surface area contributed by atoms with Crippen molar-refractivity contribution < 1.29 is 14.3 Å². The molecule has 1 aliphatic rings. The molecule has 1 unspecified atom stereocenters. The van der Waals surface area contributed by atoms with E-state index in [9.17, 15) is 4.79 Å². The van der Waals surface area contributed by atoms with Crippen molar-refractivity contribution in [3.05, 3.63) is 72.6 Å². The van der Waals surface area contributed by atoms with Gasteiger partial charge in [0.05, 0.1) is 11.9 Å². The Labute approximate surface area is 145 Å². The molecule has 2 heterocycles. The predicted molar refractivity (Wildman–Crippen MR) is 91.8 cm³/mol. The largest absolute Gasteiger partial charge is 0.485 e. The lowest BCUT2D eigenvalue weighted by Gasteiger charge is -2.25. The summed E-state index contributed by atoms with van der Waals surface area (Å²) in [6, 6.07) is 17.1. The molecular weight excluding hydrogens is 318 g/mol. The van der Waals surface area contributed by atoms with Crippen LogP contribution in [0.25, 0.3) is 5.69 Å². The van der Waals surface area contributed by atoms with Crippen LogP contribution in [0.2, 0.25) is 0 Å². The molecule has 0 bridgehead atoms. The van der Waals surface area contributed by atoms with Gasteiger partial charge in [0.15, 0.2) is 11.5 Å². The highest BCUT2D eigenvalue weighted by atomic mass is 16.6. The molecular formula is C19H17N3O3. The summed E-state index contributed by atoms with van der Waals surface area (Å²) in [6.07, 6.45) is 2.98. The molecule has 4 rings (SSSR count). The zero-order chi connectivity index (χ0) is 17.1. The molecule has 1 atom stereocenters. The third-order valence-electron chi connectivity index (χ3n) is 3.92. The van der Waals surface area contributed by atoms with E-state index in [1.165, 1.54) is 0 Å². The molecule has 0 radical (unpaired) electrons. The average molecular weight is 335 g/mol. The molecule has 3 aromatic rings. The number of carbonyl (C=O) groups is 1. The minimum Gasteiger partial charge on any atom is -0.485 e. The number of para-hydroxylation sites is 3. The minimum absolute atomic E-state index is 0.201. The Morgan fingerprint density at radius 2 is 1.88 bits per heavy atom. The number of amides is 1. The quantitative estimate of drug-likeness (QED) is 0.795. The summed E-state index contributed by atoms with van der Waals surface area (Å²) in [7, 11) is 0. The third kappa shape index (κ3) is 3.33. The number of nitrogens with zero attached hydrogens (tertiary/aromatic N) is 2. The Hall–Kier alpha value is -3.28. The standard InChI is InChI=1S/C19H17N3O3/c23-19(18-13-24-16-8-4-5-9-17(16)25-18)20-10-14-11-21-22(12-14)15-6-2-1-3-7-15/h1-9,11-12,18H,10,13H2,(H,20,23). The van der Waals surface area contributed by atoms with Gasteiger partial charge in [-0.25, -0.2) is 4.68 Å². The van der Waals surface area contributed by atoms with Crippen LogP contribution in [0.5, 0.6) is 11.5 Å². The topological polar surface area (TPSA) is 65.4 Å². The van der Waals surface area contributed by atoms with E-state index in [0.29, 0.717) is 18.0 Å². The van der Waals surface area contributed by atoms with Crippen LogP contribution in [0, 0.1) is 0 Å². The van der Waals surface area contributed by atoms with Gasteiger partial charge in [-0.2, -0.15) is 5.10 Å². The second kappa shape index (κ2) is 6.68. The molecule has 1 amide bonds. The van der Waals surface area contributed by atoms with Gasteiger partial charge in [-0.1, -0.05) is 30.3 Å². The van der Waals surface area contributed by atoms with E-state index in [1.807, 2.05) is 54.7 Å². The van der Waals surface area contributed by atoms with Crippen molar-refractivity contribution in [2.45, 2.75) is 12.6 Å². The minimum atomic E-state index is -0.654. The van der Waals surface area contributed by atoms with Gasteiger partial charge < -0.3 is 14.8 Å². The van der Waals surface area contributed by atoms with Crippen LogP contribution in [0.15, 0.2) is 67.0 Å². The molecule has 0 saturated carbocycles. The lowest BCUT2D eigenvalue weighted by Crippen LogP contribution is -2.43. The number of hydrogen-bond donors (Lipinski definition) is 1. The smallest absolute Gasteiger partial charge is 0.264 e. The summed E-state index contributed by atoms with van der Waals surface area (Å²) in [5.41, 5.74) is 1.88. The van der Waals surface area contributed by atoms with Gasteiger partial charge in [0.2, 0.25) is 6.10 Å². The van der Waals surface area contributed by atoms with Gasteiger partial charge in [-0.05, 0) is 24.3 Å². The van der Waals surface area contributed by atoms with Gasteiger partial charge in [0, 0.05) is 18.3 Å². The first kappa shape index (κ1) is 15.3. The van der Waals surface area contributed by atoms with Crippen LogP contribution in [0.3, 0.4) is 0 Å². The van der Waals surface area contributed by atoms with E-state index >= 15 is 0 Å². The maximum Gasteiger partial charge on any atom is 0.264 e. The Bertz CT molecular complexity index is 876. The number of nitrogens with one attached hydrogen (secondary N) is 1. The van der Waals surface area contributed by atoms with Gasteiger partial charge >= 0.3 is 0 Å². The van der Waals surface area contributed by atoms with Crippen molar-refractivity contribution in [3.63, 3.8) is 0 Å². The summed E-state index contributed by atoms with van der Waals surface area (Å²) in [5.74, 6) is 1.04. The maximum absolute atomic E-state index is 12.3. The Morgan fingerprint density at radius 3 is 2.72 bits per heavy atom. The van der Waals surface area contributed by atoms with E-state index in [0.717, 1.165) is 11.3 Å². The zero-order valence-electron chi connectivity index (χ0n) is 13.5. The molecule has 1 aromatic heterocycles. The van der Waals surface area contributed by atoms with Crippen molar-refractivity contribution in [2.24, 2.45) is 0 Å². The van der Waals surface area contributed by atoms with Crippen molar-refractivity contribution in [2.75, 3.05) is 6.61 Å². The van der Waals surface area contributed by atoms with Crippen molar-refractivity contribution in [1.82, 2.24) is 15.1 Å². The molecule has 126 valence electrons. The molecule has 0 spiro atoms. The highest BCUT2D eigenvalue weighted by Crippen LogP contribution is 2.30. The first-order valence-electron chi connectivity index (χ1n) is 8.05. The number of hydrogen-bond acceptors (Lipinski definition) is 4. The highest BCUT2D eigenvalue weighted by Gasteiger charge is 2.26. The Kier molecular flexibility index (Phi) is 4.08. The fraction of sp³-hybridized carbons (Fsp3) is 0.158.